The Labute approximate surface area is 119 Å². The maximum atomic E-state index is 11.5. The average molecular weight is 341 g/mol. The Bertz CT molecular complexity index is 444. The van der Waals surface area contributed by atoms with Crippen molar-refractivity contribution in [1.29, 1.82) is 0 Å². The average Bonchev–Trinajstić information content (AvgIpc) is 2.16. The number of benzene rings is 1. The van der Waals surface area contributed by atoms with Crippen molar-refractivity contribution in [3.05, 3.63) is 26.7 Å². The first kappa shape index (κ1) is 14.6. The minimum Gasteiger partial charge on any atom is -0.444 e. The zero-order chi connectivity index (χ0) is 13.2. The third-order valence-electron chi connectivity index (χ3n) is 1.67. The molecular weight excluding hydrogens is 329 g/mol. The van der Waals surface area contributed by atoms with Crippen LogP contribution < -0.4 is 5.32 Å². The van der Waals surface area contributed by atoms with Gasteiger partial charge in [0.1, 0.15) is 5.60 Å². The predicted molar refractivity (Wildman–Crippen MR) is 74.0 cm³/mol. The number of carbonyl (C=O) groups is 1. The highest BCUT2D eigenvalue weighted by Gasteiger charge is 2.18. The molecule has 1 aromatic carbocycles. The fourth-order valence-corrected chi connectivity index (χ4v) is 1.80. The molecule has 0 spiro atoms. The van der Waals surface area contributed by atoms with Gasteiger partial charge in [-0.3, -0.25) is 5.32 Å². The van der Waals surface area contributed by atoms with Gasteiger partial charge in [-0.25, -0.2) is 4.79 Å². The normalized spacial score (nSPS) is 11.2. The van der Waals surface area contributed by atoms with Crippen molar-refractivity contribution in [2.45, 2.75) is 26.4 Å². The molecule has 0 aliphatic carbocycles. The Balaban J connectivity index is 2.83. The van der Waals surface area contributed by atoms with E-state index in [-0.39, 0.29) is 0 Å². The van der Waals surface area contributed by atoms with Crippen LogP contribution in [0.4, 0.5) is 10.5 Å². The van der Waals surface area contributed by atoms with E-state index in [0.717, 1.165) is 0 Å². The number of amides is 1. The van der Waals surface area contributed by atoms with E-state index in [1.165, 1.54) is 0 Å². The molecule has 0 radical (unpaired) electrons. The molecule has 94 valence electrons. The van der Waals surface area contributed by atoms with Crippen molar-refractivity contribution in [3.8, 4) is 0 Å². The molecule has 0 bridgehead atoms. The predicted octanol–water partition coefficient (Wildman–Crippen LogP) is 5.10. The van der Waals surface area contributed by atoms with Crippen molar-refractivity contribution < 1.29 is 9.53 Å². The number of ether oxygens (including phenoxy) is 1. The van der Waals surface area contributed by atoms with E-state index in [2.05, 4.69) is 21.2 Å². The second-order valence-corrected chi connectivity index (χ2v) is 5.93. The molecule has 1 rings (SSSR count). The second kappa shape index (κ2) is 5.46. The first-order valence-electron chi connectivity index (χ1n) is 4.84. The van der Waals surface area contributed by atoms with Crippen LogP contribution in [-0.4, -0.2) is 11.7 Å². The van der Waals surface area contributed by atoms with Crippen LogP contribution in [0.1, 0.15) is 20.8 Å². The first-order valence-corrected chi connectivity index (χ1v) is 6.39. The van der Waals surface area contributed by atoms with Crippen LogP contribution in [-0.2, 0) is 4.74 Å². The summed E-state index contributed by atoms with van der Waals surface area (Å²) in [7, 11) is 0. The standard InChI is InChI=1S/C11H12BrCl2NO2/c1-11(2,3)17-10(16)15-7-5-4-6(13)8(12)9(7)14/h4-5H,1-3H3,(H,15,16). The van der Waals surface area contributed by atoms with Gasteiger partial charge in [0.15, 0.2) is 0 Å². The minimum atomic E-state index is -0.561. The summed E-state index contributed by atoms with van der Waals surface area (Å²) in [5.41, 5.74) is -0.113. The summed E-state index contributed by atoms with van der Waals surface area (Å²) in [5, 5.41) is 3.37. The summed E-state index contributed by atoms with van der Waals surface area (Å²) in [6, 6.07) is 3.24. The number of carbonyl (C=O) groups excluding carboxylic acids is 1. The first-order chi connectivity index (χ1) is 7.70. The van der Waals surface area contributed by atoms with Gasteiger partial charge in [-0.1, -0.05) is 23.2 Å². The number of halogens is 3. The highest BCUT2D eigenvalue weighted by atomic mass is 79.9. The van der Waals surface area contributed by atoms with Crippen molar-refractivity contribution in [2.75, 3.05) is 5.32 Å². The van der Waals surface area contributed by atoms with Gasteiger partial charge in [0, 0.05) is 0 Å². The lowest BCUT2D eigenvalue weighted by molar-refractivity contribution is 0.0636. The summed E-state index contributed by atoms with van der Waals surface area (Å²) in [5.74, 6) is 0. The number of nitrogens with one attached hydrogen (secondary N) is 1. The van der Waals surface area contributed by atoms with Crippen LogP contribution >= 0.6 is 39.1 Å². The molecule has 0 fully saturated rings. The van der Waals surface area contributed by atoms with Gasteiger partial charge in [-0.05, 0) is 48.8 Å². The molecule has 1 N–H and O–H groups in total. The summed E-state index contributed by atoms with van der Waals surface area (Å²) in [6.45, 7) is 5.35. The Kier molecular flexibility index (Phi) is 4.69. The quantitative estimate of drug-likeness (QED) is 0.722. The smallest absolute Gasteiger partial charge is 0.412 e. The monoisotopic (exact) mass is 339 g/mol. The van der Waals surface area contributed by atoms with Crippen molar-refractivity contribution in [1.82, 2.24) is 0 Å². The van der Waals surface area contributed by atoms with Crippen LogP contribution in [0.15, 0.2) is 16.6 Å². The molecule has 6 heteroatoms. The fraction of sp³-hybridized carbons (Fsp3) is 0.364. The molecule has 0 aromatic heterocycles. The number of hydrogen-bond acceptors (Lipinski definition) is 2. The minimum absolute atomic E-state index is 0.336. The molecule has 0 heterocycles. The van der Waals surface area contributed by atoms with Gasteiger partial charge >= 0.3 is 6.09 Å². The van der Waals surface area contributed by atoms with E-state index in [1.807, 2.05) is 0 Å². The third kappa shape index (κ3) is 4.37. The zero-order valence-corrected chi connectivity index (χ0v) is 12.7. The van der Waals surface area contributed by atoms with E-state index in [4.69, 9.17) is 27.9 Å². The van der Waals surface area contributed by atoms with Crippen LogP contribution in [0.5, 0.6) is 0 Å². The highest BCUT2D eigenvalue weighted by Crippen LogP contribution is 2.36. The molecule has 3 nitrogen and oxygen atoms in total. The highest BCUT2D eigenvalue weighted by molar-refractivity contribution is 9.10. The lowest BCUT2D eigenvalue weighted by Crippen LogP contribution is -2.27. The van der Waals surface area contributed by atoms with E-state index in [1.54, 1.807) is 32.9 Å². The van der Waals surface area contributed by atoms with Crippen LogP contribution in [0.25, 0.3) is 0 Å². The molecular formula is C11H12BrCl2NO2. The van der Waals surface area contributed by atoms with Gasteiger partial charge < -0.3 is 4.74 Å². The van der Waals surface area contributed by atoms with E-state index < -0.39 is 11.7 Å². The summed E-state index contributed by atoms with van der Waals surface area (Å²) >= 11 is 15.1. The lowest BCUT2D eigenvalue weighted by Gasteiger charge is -2.20. The Morgan fingerprint density at radius 3 is 2.47 bits per heavy atom. The molecule has 0 saturated carbocycles. The maximum absolute atomic E-state index is 11.5. The largest absolute Gasteiger partial charge is 0.444 e. The van der Waals surface area contributed by atoms with Gasteiger partial charge in [0.2, 0.25) is 0 Å². The van der Waals surface area contributed by atoms with Crippen LogP contribution in [0.2, 0.25) is 10.0 Å². The number of hydrogen-bond donors (Lipinski definition) is 1. The van der Waals surface area contributed by atoms with E-state index in [9.17, 15) is 4.79 Å². The molecule has 0 unspecified atom stereocenters. The SMILES string of the molecule is CC(C)(C)OC(=O)Nc1ccc(Cl)c(Br)c1Cl. The van der Waals surface area contributed by atoms with Gasteiger partial charge in [0.05, 0.1) is 20.2 Å². The Hall–Kier alpha value is -0.450. The third-order valence-corrected chi connectivity index (χ3v) is 3.66. The Morgan fingerprint density at radius 1 is 1.35 bits per heavy atom. The molecule has 0 aliphatic heterocycles. The molecule has 1 aromatic rings. The van der Waals surface area contributed by atoms with Crippen molar-refractivity contribution >= 4 is 50.9 Å². The van der Waals surface area contributed by atoms with Crippen LogP contribution in [0.3, 0.4) is 0 Å². The van der Waals surface area contributed by atoms with Gasteiger partial charge in [-0.2, -0.15) is 0 Å². The van der Waals surface area contributed by atoms with Crippen molar-refractivity contribution in [3.63, 3.8) is 0 Å². The fourth-order valence-electron chi connectivity index (χ4n) is 1.04. The Morgan fingerprint density at radius 2 is 1.94 bits per heavy atom. The molecule has 0 aliphatic rings. The van der Waals surface area contributed by atoms with E-state index >= 15 is 0 Å². The van der Waals surface area contributed by atoms with E-state index in [0.29, 0.717) is 20.2 Å². The maximum Gasteiger partial charge on any atom is 0.412 e. The lowest BCUT2D eigenvalue weighted by atomic mass is 10.2. The summed E-state index contributed by atoms with van der Waals surface area (Å²) in [6.07, 6.45) is -0.561. The van der Waals surface area contributed by atoms with Crippen molar-refractivity contribution in [2.24, 2.45) is 0 Å². The summed E-state index contributed by atoms with van der Waals surface area (Å²) in [4.78, 5) is 11.5. The van der Waals surface area contributed by atoms with Gasteiger partial charge in [0.25, 0.3) is 0 Å². The molecule has 1 amide bonds. The zero-order valence-electron chi connectivity index (χ0n) is 9.61. The number of anilines is 1. The number of rotatable bonds is 1. The summed E-state index contributed by atoms with van der Waals surface area (Å²) < 4.78 is 5.65. The molecule has 17 heavy (non-hydrogen) atoms. The topological polar surface area (TPSA) is 38.3 Å². The van der Waals surface area contributed by atoms with Crippen LogP contribution in [0, 0.1) is 0 Å². The van der Waals surface area contributed by atoms with Gasteiger partial charge in [-0.15, -0.1) is 0 Å². The molecule has 0 atom stereocenters. The molecule has 0 saturated heterocycles. The second-order valence-electron chi connectivity index (χ2n) is 4.35.